The maximum atomic E-state index is 11.7. The highest BCUT2D eigenvalue weighted by atomic mass is 16.5. The molecule has 0 saturated heterocycles. The van der Waals surface area contributed by atoms with E-state index in [9.17, 15) is 4.79 Å². The monoisotopic (exact) mass is 306 g/mol. The molecule has 1 aromatic carbocycles. The summed E-state index contributed by atoms with van der Waals surface area (Å²) in [6, 6.07) is 8.05. The maximum Gasteiger partial charge on any atom is 0.306 e. The maximum absolute atomic E-state index is 11.7. The van der Waals surface area contributed by atoms with Gasteiger partial charge in [-0.3, -0.25) is 4.79 Å². The third kappa shape index (κ3) is 8.83. The molecule has 0 aliphatic carbocycles. The number of ether oxygens (including phenoxy) is 1. The van der Waals surface area contributed by atoms with E-state index in [0.29, 0.717) is 13.0 Å². The van der Waals surface area contributed by atoms with Crippen molar-refractivity contribution in [1.82, 2.24) is 0 Å². The Bertz CT molecular complexity index is 398. The first-order valence-corrected chi connectivity index (χ1v) is 8.60. The molecule has 0 fully saturated rings. The molecule has 0 atom stereocenters. The van der Waals surface area contributed by atoms with Crippen molar-refractivity contribution in [2.24, 2.45) is 0 Å². The van der Waals surface area contributed by atoms with Gasteiger partial charge in [-0.25, -0.2) is 0 Å². The van der Waals surface area contributed by atoms with E-state index < -0.39 is 0 Å². The van der Waals surface area contributed by atoms with Gasteiger partial charge in [0.25, 0.3) is 0 Å². The van der Waals surface area contributed by atoms with Crippen LogP contribution >= 0.6 is 0 Å². The average Bonchev–Trinajstić information content (AvgIpc) is 2.55. The van der Waals surface area contributed by atoms with Crippen LogP contribution in [0, 0.1) is 0 Å². The van der Waals surface area contributed by atoms with Crippen LogP contribution in [0.4, 0.5) is 0 Å². The molecule has 0 aromatic heterocycles. The van der Waals surface area contributed by atoms with Crippen molar-refractivity contribution in [3.8, 4) is 0 Å². The topological polar surface area (TPSA) is 46.5 Å². The fourth-order valence-corrected chi connectivity index (χ4v) is 2.37. The number of carbonyl (C=O) groups is 1. The van der Waals surface area contributed by atoms with Crippen molar-refractivity contribution in [2.45, 2.75) is 71.3 Å². The second-order valence-electron chi connectivity index (χ2n) is 5.82. The summed E-state index contributed by atoms with van der Waals surface area (Å²) in [5, 5.41) is 8.80. The Morgan fingerprint density at radius 1 is 0.955 bits per heavy atom. The Morgan fingerprint density at radius 3 is 2.27 bits per heavy atom. The largest absolute Gasteiger partial charge is 0.461 e. The molecule has 0 saturated carbocycles. The van der Waals surface area contributed by atoms with Crippen LogP contribution in [0.25, 0.3) is 0 Å². The van der Waals surface area contributed by atoms with E-state index in [1.165, 1.54) is 31.2 Å². The smallest absolute Gasteiger partial charge is 0.306 e. The van der Waals surface area contributed by atoms with Gasteiger partial charge in [-0.1, -0.05) is 63.3 Å². The van der Waals surface area contributed by atoms with Crippen LogP contribution in [0.15, 0.2) is 24.3 Å². The lowest BCUT2D eigenvalue weighted by Gasteiger charge is -2.06. The molecule has 22 heavy (non-hydrogen) atoms. The Hall–Kier alpha value is -1.35. The predicted octanol–water partition coefficient (Wildman–Crippen LogP) is 4.41. The first-order chi connectivity index (χ1) is 10.8. The number of carbonyl (C=O) groups excluding carboxylic acids is 1. The summed E-state index contributed by atoms with van der Waals surface area (Å²) in [4.78, 5) is 11.7. The molecular formula is C19H30O3. The van der Waals surface area contributed by atoms with Gasteiger partial charge in [0, 0.05) is 13.0 Å². The van der Waals surface area contributed by atoms with Gasteiger partial charge < -0.3 is 9.84 Å². The van der Waals surface area contributed by atoms with Crippen molar-refractivity contribution in [2.75, 3.05) is 6.61 Å². The zero-order valence-electron chi connectivity index (χ0n) is 13.9. The Labute approximate surface area is 134 Å². The normalized spacial score (nSPS) is 10.6. The summed E-state index contributed by atoms with van der Waals surface area (Å²) in [6.07, 6.45) is 9.28. The third-order valence-electron chi connectivity index (χ3n) is 3.78. The lowest BCUT2D eigenvalue weighted by atomic mass is 10.1. The molecule has 0 bridgehead atoms. The summed E-state index contributed by atoms with van der Waals surface area (Å²) in [6.45, 7) is 2.78. The van der Waals surface area contributed by atoms with E-state index in [4.69, 9.17) is 9.84 Å². The standard InChI is InChI=1S/C19H30O3/c1-2-3-4-5-6-7-10-19(21)22-16-18-13-11-17(12-14-18)9-8-15-20/h11-14,20H,2-10,15-16H2,1H3. The van der Waals surface area contributed by atoms with Crippen molar-refractivity contribution in [3.05, 3.63) is 35.4 Å². The van der Waals surface area contributed by atoms with Gasteiger partial charge in [0.15, 0.2) is 0 Å². The molecule has 1 N–H and O–H groups in total. The zero-order chi connectivity index (χ0) is 16.0. The van der Waals surface area contributed by atoms with E-state index >= 15 is 0 Å². The quantitative estimate of drug-likeness (QED) is 0.460. The van der Waals surface area contributed by atoms with E-state index in [1.54, 1.807) is 0 Å². The van der Waals surface area contributed by atoms with Crippen LogP contribution in [-0.4, -0.2) is 17.7 Å². The lowest BCUT2D eigenvalue weighted by Crippen LogP contribution is -2.04. The minimum absolute atomic E-state index is 0.0974. The van der Waals surface area contributed by atoms with Crippen molar-refractivity contribution >= 4 is 5.97 Å². The molecule has 3 heteroatoms. The van der Waals surface area contributed by atoms with E-state index in [0.717, 1.165) is 31.2 Å². The lowest BCUT2D eigenvalue weighted by molar-refractivity contribution is -0.145. The highest BCUT2D eigenvalue weighted by Crippen LogP contribution is 2.10. The third-order valence-corrected chi connectivity index (χ3v) is 3.78. The van der Waals surface area contributed by atoms with Gasteiger partial charge in [0.2, 0.25) is 0 Å². The highest BCUT2D eigenvalue weighted by Gasteiger charge is 2.03. The molecule has 0 unspecified atom stereocenters. The van der Waals surface area contributed by atoms with E-state index in [1.807, 2.05) is 24.3 Å². The van der Waals surface area contributed by atoms with Crippen LogP contribution in [0.2, 0.25) is 0 Å². The Morgan fingerprint density at radius 2 is 1.59 bits per heavy atom. The van der Waals surface area contributed by atoms with Crippen LogP contribution in [0.1, 0.15) is 69.4 Å². The fourth-order valence-electron chi connectivity index (χ4n) is 2.37. The first kappa shape index (κ1) is 18.7. The minimum atomic E-state index is -0.0974. The SMILES string of the molecule is CCCCCCCCC(=O)OCc1ccc(CCCO)cc1. The second-order valence-corrected chi connectivity index (χ2v) is 5.82. The van der Waals surface area contributed by atoms with E-state index in [2.05, 4.69) is 6.92 Å². The van der Waals surface area contributed by atoms with Gasteiger partial charge in [0.05, 0.1) is 0 Å². The molecule has 1 rings (SSSR count). The molecule has 0 heterocycles. The highest BCUT2D eigenvalue weighted by molar-refractivity contribution is 5.69. The number of unbranched alkanes of at least 4 members (excludes halogenated alkanes) is 5. The molecule has 0 radical (unpaired) electrons. The number of aryl methyl sites for hydroxylation is 1. The summed E-state index contributed by atoms with van der Waals surface area (Å²) in [5.41, 5.74) is 2.22. The second kappa shape index (κ2) is 12.2. The Kier molecular flexibility index (Phi) is 10.4. The summed E-state index contributed by atoms with van der Waals surface area (Å²) in [5.74, 6) is -0.0974. The number of benzene rings is 1. The van der Waals surface area contributed by atoms with E-state index in [-0.39, 0.29) is 12.6 Å². The van der Waals surface area contributed by atoms with Crippen LogP contribution < -0.4 is 0 Å². The van der Waals surface area contributed by atoms with Crippen molar-refractivity contribution < 1.29 is 14.6 Å². The predicted molar refractivity (Wildman–Crippen MR) is 89.6 cm³/mol. The van der Waals surface area contributed by atoms with Gasteiger partial charge in [-0.2, -0.15) is 0 Å². The molecule has 0 amide bonds. The number of rotatable bonds is 12. The molecule has 0 aliphatic rings. The molecular weight excluding hydrogens is 276 g/mol. The minimum Gasteiger partial charge on any atom is -0.461 e. The van der Waals surface area contributed by atoms with Crippen LogP contribution in [0.5, 0.6) is 0 Å². The summed E-state index contributed by atoms with van der Waals surface area (Å²) < 4.78 is 5.30. The van der Waals surface area contributed by atoms with Crippen molar-refractivity contribution in [1.29, 1.82) is 0 Å². The van der Waals surface area contributed by atoms with Gasteiger partial charge >= 0.3 is 5.97 Å². The van der Waals surface area contributed by atoms with Crippen LogP contribution in [0.3, 0.4) is 0 Å². The average molecular weight is 306 g/mol. The number of esters is 1. The van der Waals surface area contributed by atoms with Gasteiger partial charge in [-0.05, 0) is 30.4 Å². The van der Waals surface area contributed by atoms with Gasteiger partial charge in [0.1, 0.15) is 6.61 Å². The number of hydrogen-bond acceptors (Lipinski definition) is 3. The zero-order valence-corrected chi connectivity index (χ0v) is 13.9. The Balaban J connectivity index is 2.12. The van der Waals surface area contributed by atoms with Gasteiger partial charge in [-0.15, -0.1) is 0 Å². The number of aliphatic hydroxyl groups is 1. The molecule has 3 nitrogen and oxygen atoms in total. The fraction of sp³-hybridized carbons (Fsp3) is 0.632. The molecule has 124 valence electrons. The first-order valence-electron chi connectivity index (χ1n) is 8.60. The van der Waals surface area contributed by atoms with Crippen LogP contribution in [-0.2, 0) is 22.6 Å². The number of hydrogen-bond donors (Lipinski definition) is 1. The molecule has 0 aliphatic heterocycles. The molecule has 1 aromatic rings. The summed E-state index contributed by atoms with van der Waals surface area (Å²) in [7, 11) is 0. The number of aliphatic hydroxyl groups excluding tert-OH is 1. The molecule has 0 spiro atoms. The van der Waals surface area contributed by atoms with Crippen molar-refractivity contribution in [3.63, 3.8) is 0 Å². The summed E-state index contributed by atoms with van der Waals surface area (Å²) >= 11 is 0.